The molecule has 0 aliphatic carbocycles. The number of phenols is 1. The summed E-state index contributed by atoms with van der Waals surface area (Å²) >= 11 is 7.90. The highest BCUT2D eigenvalue weighted by Crippen LogP contribution is 2.35. The Hall–Kier alpha value is -2.57. The normalized spacial score (nSPS) is 16.5. The largest absolute Gasteiger partial charge is 0.507 e. The molecule has 0 unspecified atom stereocenters. The Balaban J connectivity index is 1.47. The highest BCUT2D eigenvalue weighted by Gasteiger charge is 2.36. The number of esters is 1. The second-order valence-corrected chi connectivity index (χ2v) is 8.13. The van der Waals surface area contributed by atoms with Gasteiger partial charge in [0.2, 0.25) is 0 Å². The smallest absolute Gasteiger partial charge is 0.329 e. The average Bonchev–Trinajstić information content (AvgIpc) is 3.31. The van der Waals surface area contributed by atoms with E-state index in [0.717, 1.165) is 15.0 Å². The van der Waals surface area contributed by atoms with Gasteiger partial charge in [-0.25, -0.2) is 4.79 Å². The van der Waals surface area contributed by atoms with Crippen molar-refractivity contribution in [3.05, 3.63) is 64.0 Å². The van der Waals surface area contributed by atoms with Gasteiger partial charge in [-0.3, -0.25) is 4.79 Å². The predicted molar refractivity (Wildman–Crippen MR) is 109 cm³/mol. The molecule has 3 aromatic rings. The van der Waals surface area contributed by atoms with E-state index in [4.69, 9.17) is 16.3 Å². The number of para-hydroxylation sites is 1. The Morgan fingerprint density at radius 3 is 2.71 bits per heavy atom. The third-order valence-electron chi connectivity index (χ3n) is 4.87. The zero-order chi connectivity index (χ0) is 19.7. The number of fused-ring (bicyclic) bond motifs is 1. The van der Waals surface area contributed by atoms with Crippen molar-refractivity contribution in [2.45, 2.75) is 25.5 Å². The van der Waals surface area contributed by atoms with Crippen LogP contribution in [-0.2, 0) is 16.1 Å². The first-order valence-corrected chi connectivity index (χ1v) is 10.2. The topological polar surface area (TPSA) is 66.8 Å². The lowest BCUT2D eigenvalue weighted by atomic mass is 10.1. The number of benzene rings is 2. The molecule has 1 fully saturated rings. The molecule has 1 aromatic heterocycles. The number of thiophene rings is 1. The number of halogens is 1. The van der Waals surface area contributed by atoms with E-state index < -0.39 is 12.0 Å². The molecule has 1 amide bonds. The predicted octanol–water partition coefficient (Wildman–Crippen LogP) is 4.61. The van der Waals surface area contributed by atoms with Crippen LogP contribution in [0, 0.1) is 0 Å². The molecule has 0 spiro atoms. The summed E-state index contributed by atoms with van der Waals surface area (Å²) in [6, 6.07) is 13.4. The molecule has 1 aliphatic heterocycles. The van der Waals surface area contributed by atoms with Gasteiger partial charge in [-0.05, 0) is 31.0 Å². The van der Waals surface area contributed by atoms with E-state index in [2.05, 4.69) is 0 Å². The maximum absolute atomic E-state index is 12.8. The summed E-state index contributed by atoms with van der Waals surface area (Å²) in [6.07, 6.45) is 1.25. The Morgan fingerprint density at radius 1 is 1.18 bits per heavy atom. The number of aromatic hydroxyl groups is 1. The van der Waals surface area contributed by atoms with Gasteiger partial charge in [0.05, 0.1) is 15.5 Å². The summed E-state index contributed by atoms with van der Waals surface area (Å²) in [7, 11) is 0. The SMILES string of the molecule is O=C(OCc1sc2ccccc2c1Cl)[C@@H]1CCCN1C(=O)c1ccccc1O. The minimum absolute atomic E-state index is 0.0755. The van der Waals surface area contributed by atoms with Gasteiger partial charge in [0, 0.05) is 16.6 Å². The first-order valence-electron chi connectivity index (χ1n) is 8.98. The van der Waals surface area contributed by atoms with Crippen LogP contribution in [0.25, 0.3) is 10.1 Å². The van der Waals surface area contributed by atoms with E-state index in [1.807, 2.05) is 24.3 Å². The van der Waals surface area contributed by atoms with Gasteiger partial charge < -0.3 is 14.7 Å². The summed E-state index contributed by atoms with van der Waals surface area (Å²) < 4.78 is 6.54. The van der Waals surface area contributed by atoms with Crippen molar-refractivity contribution in [1.29, 1.82) is 0 Å². The third-order valence-corrected chi connectivity index (χ3v) is 6.56. The number of carbonyl (C=O) groups is 2. The summed E-state index contributed by atoms with van der Waals surface area (Å²) in [5.41, 5.74) is 0.190. The van der Waals surface area contributed by atoms with Gasteiger partial charge in [-0.15, -0.1) is 11.3 Å². The second kappa shape index (κ2) is 7.81. The maximum atomic E-state index is 12.8. The molecule has 1 saturated heterocycles. The van der Waals surface area contributed by atoms with Crippen molar-refractivity contribution in [2.24, 2.45) is 0 Å². The molecule has 0 bridgehead atoms. The Morgan fingerprint density at radius 2 is 1.93 bits per heavy atom. The lowest BCUT2D eigenvalue weighted by Crippen LogP contribution is -2.41. The van der Waals surface area contributed by atoms with Gasteiger partial charge in [-0.1, -0.05) is 41.9 Å². The first kappa shape index (κ1) is 18.8. The molecule has 7 heteroatoms. The molecular weight excluding hydrogens is 398 g/mol. The quantitative estimate of drug-likeness (QED) is 0.632. The number of ether oxygens (including phenoxy) is 1. The molecule has 28 heavy (non-hydrogen) atoms. The zero-order valence-corrected chi connectivity index (χ0v) is 16.5. The fourth-order valence-corrected chi connectivity index (χ4v) is 4.86. The number of likely N-dealkylation sites (tertiary alicyclic amines) is 1. The van der Waals surface area contributed by atoms with Crippen molar-refractivity contribution in [2.75, 3.05) is 6.54 Å². The van der Waals surface area contributed by atoms with Gasteiger partial charge in [0.1, 0.15) is 18.4 Å². The summed E-state index contributed by atoms with van der Waals surface area (Å²) in [5, 5.41) is 11.5. The molecule has 4 rings (SSSR count). The minimum atomic E-state index is -0.653. The van der Waals surface area contributed by atoms with Crippen molar-refractivity contribution in [3.8, 4) is 5.75 Å². The molecule has 1 atom stereocenters. The van der Waals surface area contributed by atoms with Gasteiger partial charge in [0.15, 0.2) is 0 Å². The number of nitrogens with zero attached hydrogens (tertiary/aromatic N) is 1. The third kappa shape index (κ3) is 3.45. The zero-order valence-electron chi connectivity index (χ0n) is 14.9. The maximum Gasteiger partial charge on any atom is 0.329 e. The molecule has 1 N–H and O–H groups in total. The Kier molecular flexibility index (Phi) is 5.24. The number of hydrogen-bond acceptors (Lipinski definition) is 5. The summed E-state index contributed by atoms with van der Waals surface area (Å²) in [4.78, 5) is 27.7. The minimum Gasteiger partial charge on any atom is -0.507 e. The fourth-order valence-electron chi connectivity index (χ4n) is 3.45. The van der Waals surface area contributed by atoms with E-state index >= 15 is 0 Å². The van der Waals surface area contributed by atoms with Gasteiger partial charge in [0.25, 0.3) is 5.91 Å². The molecule has 1 aliphatic rings. The van der Waals surface area contributed by atoms with E-state index in [-0.39, 0.29) is 23.8 Å². The number of amides is 1. The number of phenolic OH excluding ortho intramolecular Hbond substituents is 1. The molecule has 144 valence electrons. The number of hydrogen-bond donors (Lipinski definition) is 1. The van der Waals surface area contributed by atoms with Crippen molar-refractivity contribution in [3.63, 3.8) is 0 Å². The van der Waals surface area contributed by atoms with Crippen LogP contribution in [0.15, 0.2) is 48.5 Å². The highest BCUT2D eigenvalue weighted by molar-refractivity contribution is 7.19. The monoisotopic (exact) mass is 415 g/mol. The standard InChI is InChI=1S/C21H18ClNO4S/c22-19-14-7-2-4-10-17(14)28-18(19)12-27-21(26)15-8-5-11-23(15)20(25)13-6-1-3-9-16(13)24/h1-4,6-7,9-10,15,24H,5,8,11-12H2/t15-/m0/s1. The van der Waals surface area contributed by atoms with Crippen molar-refractivity contribution < 1.29 is 19.4 Å². The summed E-state index contributed by atoms with van der Waals surface area (Å²) in [6.45, 7) is 0.530. The molecule has 2 aromatic carbocycles. The Labute approximate surface area is 171 Å². The van der Waals surface area contributed by atoms with Gasteiger partial charge in [-0.2, -0.15) is 0 Å². The van der Waals surface area contributed by atoms with Crippen LogP contribution in [-0.4, -0.2) is 34.5 Å². The van der Waals surface area contributed by atoms with E-state index in [0.29, 0.717) is 24.4 Å². The molecular formula is C21H18ClNO4S. The second-order valence-electron chi connectivity index (χ2n) is 6.62. The molecule has 0 radical (unpaired) electrons. The first-order chi connectivity index (χ1) is 13.6. The van der Waals surface area contributed by atoms with Crippen molar-refractivity contribution >= 4 is 44.9 Å². The van der Waals surface area contributed by atoms with Crippen LogP contribution in [0.5, 0.6) is 5.75 Å². The molecule has 5 nitrogen and oxygen atoms in total. The highest BCUT2D eigenvalue weighted by atomic mass is 35.5. The Bertz CT molecular complexity index is 1050. The van der Waals surface area contributed by atoms with E-state index in [1.54, 1.807) is 18.2 Å². The van der Waals surface area contributed by atoms with Crippen LogP contribution in [0.2, 0.25) is 5.02 Å². The van der Waals surface area contributed by atoms with E-state index in [1.165, 1.54) is 22.3 Å². The average molecular weight is 416 g/mol. The summed E-state index contributed by atoms with van der Waals surface area (Å²) in [5.74, 6) is -0.907. The number of rotatable bonds is 4. The van der Waals surface area contributed by atoms with Crippen LogP contribution < -0.4 is 0 Å². The lowest BCUT2D eigenvalue weighted by Gasteiger charge is -2.23. The molecule has 0 saturated carbocycles. The van der Waals surface area contributed by atoms with Crippen LogP contribution in [0.4, 0.5) is 0 Å². The van der Waals surface area contributed by atoms with Crippen LogP contribution >= 0.6 is 22.9 Å². The van der Waals surface area contributed by atoms with Crippen LogP contribution in [0.3, 0.4) is 0 Å². The lowest BCUT2D eigenvalue weighted by molar-refractivity contribution is -0.149. The van der Waals surface area contributed by atoms with Crippen LogP contribution in [0.1, 0.15) is 28.1 Å². The van der Waals surface area contributed by atoms with Gasteiger partial charge >= 0.3 is 5.97 Å². The van der Waals surface area contributed by atoms with E-state index in [9.17, 15) is 14.7 Å². The van der Waals surface area contributed by atoms with Crippen molar-refractivity contribution in [1.82, 2.24) is 4.90 Å². The number of carbonyl (C=O) groups excluding carboxylic acids is 2. The molecule has 2 heterocycles. The fraction of sp³-hybridized carbons (Fsp3) is 0.238.